The monoisotopic (exact) mass is 196 g/mol. The van der Waals surface area contributed by atoms with E-state index in [1.54, 1.807) is 4.68 Å². The van der Waals surface area contributed by atoms with Crippen molar-refractivity contribution in [2.45, 2.75) is 38.8 Å². The molecule has 14 heavy (non-hydrogen) atoms. The van der Waals surface area contributed by atoms with Gasteiger partial charge >= 0.3 is 0 Å². The molecule has 0 aliphatic carbocycles. The summed E-state index contributed by atoms with van der Waals surface area (Å²) in [5, 5.41) is 14.9. The minimum absolute atomic E-state index is 0.265. The van der Waals surface area contributed by atoms with Gasteiger partial charge < -0.3 is 0 Å². The van der Waals surface area contributed by atoms with Crippen molar-refractivity contribution in [1.29, 1.82) is 0 Å². The van der Waals surface area contributed by atoms with Gasteiger partial charge in [-0.25, -0.2) is 9.67 Å². The molecular formula is C8H12N4O2. The summed E-state index contributed by atoms with van der Waals surface area (Å²) in [6.07, 6.45) is 2.12. The quantitative estimate of drug-likeness (QED) is 0.521. The fraction of sp³-hybridized carbons (Fsp3) is 0.750. The Labute approximate surface area is 81.1 Å². The third-order valence-corrected chi connectivity index (χ3v) is 2.46. The second-order valence-electron chi connectivity index (χ2n) is 3.41. The zero-order chi connectivity index (χ0) is 10.1. The molecule has 0 radical (unpaired) electrons. The van der Waals surface area contributed by atoms with Gasteiger partial charge in [0.1, 0.15) is 0 Å². The molecule has 6 heteroatoms. The van der Waals surface area contributed by atoms with Crippen molar-refractivity contribution in [3.63, 3.8) is 0 Å². The molecule has 1 aliphatic heterocycles. The molecular weight excluding hydrogens is 184 g/mol. The minimum atomic E-state index is -0.656. The molecule has 76 valence electrons. The van der Waals surface area contributed by atoms with E-state index in [1.165, 1.54) is 0 Å². The van der Waals surface area contributed by atoms with E-state index in [-0.39, 0.29) is 4.92 Å². The van der Waals surface area contributed by atoms with E-state index in [9.17, 15) is 10.1 Å². The van der Waals surface area contributed by atoms with Crippen LogP contribution in [0.25, 0.3) is 0 Å². The van der Waals surface area contributed by atoms with Crippen molar-refractivity contribution < 1.29 is 4.92 Å². The fourth-order valence-corrected chi connectivity index (χ4v) is 1.73. The number of hydrogen-bond acceptors (Lipinski definition) is 4. The van der Waals surface area contributed by atoms with Crippen molar-refractivity contribution in [3.8, 4) is 0 Å². The zero-order valence-electron chi connectivity index (χ0n) is 8.01. The average Bonchev–Trinajstić information content (AvgIpc) is 2.59. The molecule has 0 saturated carbocycles. The molecule has 0 bridgehead atoms. The molecule has 1 aromatic rings. The van der Waals surface area contributed by atoms with E-state index >= 15 is 0 Å². The van der Waals surface area contributed by atoms with Crippen LogP contribution in [0.2, 0.25) is 0 Å². The van der Waals surface area contributed by atoms with Gasteiger partial charge in [-0.3, -0.25) is 10.1 Å². The van der Waals surface area contributed by atoms with Gasteiger partial charge in [0.25, 0.3) is 6.04 Å². The number of aromatic nitrogens is 3. The molecule has 2 rings (SSSR count). The minimum Gasteiger partial charge on any atom is -0.264 e. The first-order valence-electron chi connectivity index (χ1n) is 4.79. The van der Waals surface area contributed by atoms with Gasteiger partial charge in [0.2, 0.25) is 5.82 Å². The maximum Gasteiger partial charge on any atom is 0.271 e. The highest BCUT2D eigenvalue weighted by Crippen LogP contribution is 2.25. The van der Waals surface area contributed by atoms with Gasteiger partial charge in [-0.15, -0.1) is 0 Å². The Bertz CT molecular complexity index is 360. The van der Waals surface area contributed by atoms with Gasteiger partial charge in [0.05, 0.1) is 0 Å². The summed E-state index contributed by atoms with van der Waals surface area (Å²) in [6, 6.07) is -0.656. The van der Waals surface area contributed by atoms with Crippen LogP contribution in [0.1, 0.15) is 37.5 Å². The average molecular weight is 196 g/mol. The van der Waals surface area contributed by atoms with Crippen LogP contribution in [-0.4, -0.2) is 19.7 Å². The lowest BCUT2D eigenvalue weighted by molar-refractivity contribution is -0.533. The molecule has 0 saturated heterocycles. The summed E-state index contributed by atoms with van der Waals surface area (Å²) < 4.78 is 1.68. The first-order valence-corrected chi connectivity index (χ1v) is 4.79. The van der Waals surface area contributed by atoms with Gasteiger partial charge in [-0.1, -0.05) is 6.92 Å². The molecule has 2 heterocycles. The van der Waals surface area contributed by atoms with E-state index in [1.807, 2.05) is 6.92 Å². The number of rotatable bonds is 2. The number of nitro groups is 1. The molecule has 0 fully saturated rings. The van der Waals surface area contributed by atoms with E-state index in [0.29, 0.717) is 18.1 Å². The molecule has 0 aromatic carbocycles. The topological polar surface area (TPSA) is 73.8 Å². The number of hydrogen-bond donors (Lipinski definition) is 0. The van der Waals surface area contributed by atoms with Crippen molar-refractivity contribution in [2.75, 3.05) is 0 Å². The Kier molecular flexibility index (Phi) is 2.18. The Morgan fingerprint density at radius 2 is 2.50 bits per heavy atom. The van der Waals surface area contributed by atoms with Gasteiger partial charge in [-0.2, -0.15) is 5.10 Å². The van der Waals surface area contributed by atoms with Crippen LogP contribution in [-0.2, 0) is 13.0 Å². The largest absolute Gasteiger partial charge is 0.271 e. The lowest BCUT2D eigenvalue weighted by Crippen LogP contribution is -2.22. The Balaban J connectivity index is 2.38. The zero-order valence-corrected chi connectivity index (χ0v) is 8.01. The van der Waals surface area contributed by atoms with Gasteiger partial charge in [0.15, 0.2) is 5.82 Å². The summed E-state index contributed by atoms with van der Waals surface area (Å²) in [5.41, 5.74) is 0. The second kappa shape index (κ2) is 3.36. The van der Waals surface area contributed by atoms with Crippen molar-refractivity contribution in [2.24, 2.45) is 0 Å². The normalized spacial score (nSPS) is 20.5. The molecule has 1 atom stereocenters. The molecule has 1 unspecified atom stereocenters. The third kappa shape index (κ3) is 1.36. The maximum atomic E-state index is 10.7. The summed E-state index contributed by atoms with van der Waals surface area (Å²) in [5.74, 6) is 1.23. The Morgan fingerprint density at radius 1 is 1.71 bits per heavy atom. The Hall–Kier alpha value is -1.46. The Morgan fingerprint density at radius 3 is 3.14 bits per heavy atom. The summed E-state index contributed by atoms with van der Waals surface area (Å²) in [6.45, 7) is 2.70. The first kappa shape index (κ1) is 9.11. The van der Waals surface area contributed by atoms with Crippen molar-refractivity contribution >= 4 is 0 Å². The summed E-state index contributed by atoms with van der Waals surface area (Å²) in [4.78, 5) is 14.7. The molecule has 1 aromatic heterocycles. The second-order valence-corrected chi connectivity index (χ2v) is 3.41. The first-order chi connectivity index (χ1) is 6.72. The molecule has 1 aliphatic rings. The van der Waals surface area contributed by atoms with E-state index in [2.05, 4.69) is 10.1 Å². The van der Waals surface area contributed by atoms with Crippen LogP contribution < -0.4 is 0 Å². The highest BCUT2D eigenvalue weighted by atomic mass is 16.6. The van der Waals surface area contributed by atoms with Crippen molar-refractivity contribution in [1.82, 2.24) is 14.8 Å². The SMILES string of the molecule is CCc1nc2n(n1)CCCC2[N+](=O)[O-]. The number of fused-ring (bicyclic) bond motifs is 1. The highest BCUT2D eigenvalue weighted by molar-refractivity contribution is 4.99. The lowest BCUT2D eigenvalue weighted by atomic mass is 10.1. The number of nitrogens with zero attached hydrogens (tertiary/aromatic N) is 4. The van der Waals surface area contributed by atoms with E-state index in [4.69, 9.17) is 0 Å². The van der Waals surface area contributed by atoms with Crippen LogP contribution in [0.5, 0.6) is 0 Å². The van der Waals surface area contributed by atoms with Gasteiger partial charge in [-0.05, 0) is 6.42 Å². The third-order valence-electron chi connectivity index (χ3n) is 2.46. The van der Waals surface area contributed by atoms with Crippen LogP contribution in [0.3, 0.4) is 0 Å². The van der Waals surface area contributed by atoms with Crippen LogP contribution in [0.4, 0.5) is 0 Å². The molecule has 6 nitrogen and oxygen atoms in total. The van der Waals surface area contributed by atoms with Crippen LogP contribution in [0, 0.1) is 10.1 Å². The van der Waals surface area contributed by atoms with Crippen LogP contribution >= 0.6 is 0 Å². The predicted molar refractivity (Wildman–Crippen MR) is 48.4 cm³/mol. The predicted octanol–water partition coefficient (Wildman–Crippen LogP) is 0.952. The van der Waals surface area contributed by atoms with Gasteiger partial charge in [0, 0.05) is 24.3 Å². The van der Waals surface area contributed by atoms with Crippen LogP contribution in [0.15, 0.2) is 0 Å². The summed E-state index contributed by atoms with van der Waals surface area (Å²) in [7, 11) is 0. The molecule has 0 N–H and O–H groups in total. The fourth-order valence-electron chi connectivity index (χ4n) is 1.73. The summed E-state index contributed by atoms with van der Waals surface area (Å²) >= 11 is 0. The molecule has 0 amide bonds. The lowest BCUT2D eigenvalue weighted by Gasteiger charge is -2.15. The van der Waals surface area contributed by atoms with Crippen molar-refractivity contribution in [3.05, 3.63) is 21.8 Å². The van der Waals surface area contributed by atoms with E-state index < -0.39 is 6.04 Å². The van der Waals surface area contributed by atoms with E-state index in [0.717, 1.165) is 19.4 Å². The molecule has 0 spiro atoms. The highest BCUT2D eigenvalue weighted by Gasteiger charge is 2.32. The smallest absolute Gasteiger partial charge is 0.264 e. The maximum absolute atomic E-state index is 10.7. The standard InChI is InChI=1S/C8H12N4O2/c1-2-7-9-8-6(12(13)14)4-3-5-11(8)10-7/h6H,2-5H2,1H3. The number of aryl methyl sites for hydroxylation is 2.